The van der Waals surface area contributed by atoms with Crippen LogP contribution in [0.2, 0.25) is 5.02 Å². The van der Waals surface area contributed by atoms with Crippen LogP contribution in [0, 0.1) is 11.7 Å². The van der Waals surface area contributed by atoms with Gasteiger partial charge in [-0.15, -0.1) is 0 Å². The van der Waals surface area contributed by atoms with Gasteiger partial charge in [0.05, 0.1) is 6.10 Å². The van der Waals surface area contributed by atoms with Crippen molar-refractivity contribution in [3.63, 3.8) is 0 Å². The molecular formula is C11H12ClFO. The second-order valence-electron chi connectivity index (χ2n) is 3.80. The maximum atomic E-state index is 13.3. The van der Waals surface area contributed by atoms with E-state index in [4.69, 9.17) is 11.6 Å². The smallest absolute Gasteiger partial charge is 0.129 e. The highest BCUT2D eigenvalue weighted by atomic mass is 35.5. The fourth-order valence-corrected chi connectivity index (χ4v) is 1.93. The van der Waals surface area contributed by atoms with Gasteiger partial charge in [0.1, 0.15) is 5.82 Å². The van der Waals surface area contributed by atoms with E-state index in [2.05, 4.69) is 0 Å². The lowest BCUT2D eigenvalue weighted by Crippen LogP contribution is -2.20. The molecule has 0 heterocycles. The molecule has 1 N–H and O–H groups in total. The highest BCUT2D eigenvalue weighted by Gasteiger charge is 2.28. The number of rotatable bonds is 2. The minimum Gasteiger partial charge on any atom is -0.388 e. The lowest BCUT2D eigenvalue weighted by molar-refractivity contribution is 0.0592. The van der Waals surface area contributed by atoms with Gasteiger partial charge in [0.25, 0.3) is 0 Å². The van der Waals surface area contributed by atoms with E-state index in [0.29, 0.717) is 10.6 Å². The molecule has 14 heavy (non-hydrogen) atoms. The molecule has 1 saturated carbocycles. The van der Waals surface area contributed by atoms with Crippen molar-refractivity contribution in [3.8, 4) is 0 Å². The van der Waals surface area contributed by atoms with E-state index < -0.39 is 6.10 Å². The largest absolute Gasteiger partial charge is 0.388 e. The summed E-state index contributed by atoms with van der Waals surface area (Å²) in [6.45, 7) is 0. The first-order valence-electron chi connectivity index (χ1n) is 4.81. The third-order valence-electron chi connectivity index (χ3n) is 2.87. The van der Waals surface area contributed by atoms with Crippen LogP contribution >= 0.6 is 11.6 Å². The Morgan fingerprint density at radius 1 is 1.43 bits per heavy atom. The van der Waals surface area contributed by atoms with Crippen LogP contribution in [0.4, 0.5) is 4.39 Å². The lowest BCUT2D eigenvalue weighted by Gasteiger charge is -2.30. The van der Waals surface area contributed by atoms with Gasteiger partial charge in [-0.1, -0.05) is 18.0 Å². The molecule has 0 aromatic heterocycles. The molecule has 0 spiro atoms. The molecule has 1 fully saturated rings. The Balaban J connectivity index is 2.24. The molecule has 0 saturated heterocycles. The molecule has 0 radical (unpaired) electrons. The Morgan fingerprint density at radius 2 is 2.14 bits per heavy atom. The van der Waals surface area contributed by atoms with Gasteiger partial charge in [0.2, 0.25) is 0 Å². The van der Waals surface area contributed by atoms with Gasteiger partial charge in [-0.25, -0.2) is 4.39 Å². The van der Waals surface area contributed by atoms with Crippen LogP contribution < -0.4 is 0 Å². The standard InChI is InChI=1S/C11H12ClFO/c12-8-4-5-10(13)9(6-8)11(14)7-2-1-3-7/h4-7,11,14H,1-3H2. The van der Waals surface area contributed by atoms with Crippen molar-refractivity contribution < 1.29 is 9.50 Å². The zero-order chi connectivity index (χ0) is 10.1. The van der Waals surface area contributed by atoms with E-state index in [-0.39, 0.29) is 11.7 Å². The molecule has 3 heteroatoms. The molecule has 1 atom stereocenters. The Hall–Kier alpha value is -0.600. The van der Waals surface area contributed by atoms with Gasteiger partial charge in [-0.3, -0.25) is 0 Å². The highest BCUT2D eigenvalue weighted by Crippen LogP contribution is 2.38. The number of aliphatic hydroxyl groups is 1. The van der Waals surface area contributed by atoms with E-state index in [0.717, 1.165) is 19.3 Å². The van der Waals surface area contributed by atoms with Crippen LogP contribution in [0.25, 0.3) is 0 Å². The maximum absolute atomic E-state index is 13.3. The van der Waals surface area contributed by atoms with Crippen molar-refractivity contribution in [2.24, 2.45) is 5.92 Å². The molecule has 1 aliphatic rings. The minimum atomic E-state index is -0.692. The van der Waals surface area contributed by atoms with Crippen molar-refractivity contribution in [1.29, 1.82) is 0 Å². The fraction of sp³-hybridized carbons (Fsp3) is 0.455. The fourth-order valence-electron chi connectivity index (χ4n) is 1.75. The summed E-state index contributed by atoms with van der Waals surface area (Å²) in [6.07, 6.45) is 2.40. The minimum absolute atomic E-state index is 0.211. The normalized spacial score (nSPS) is 19.1. The van der Waals surface area contributed by atoms with Gasteiger partial charge in [0.15, 0.2) is 0 Å². The number of aliphatic hydroxyl groups excluding tert-OH is 1. The third kappa shape index (κ3) is 1.77. The quantitative estimate of drug-likeness (QED) is 0.801. The molecule has 2 rings (SSSR count). The number of hydrogen-bond acceptors (Lipinski definition) is 1. The molecule has 1 aromatic rings. The molecule has 1 aromatic carbocycles. The zero-order valence-corrected chi connectivity index (χ0v) is 8.47. The summed E-state index contributed by atoms with van der Waals surface area (Å²) in [5.41, 5.74) is 0.335. The molecule has 1 aliphatic carbocycles. The van der Waals surface area contributed by atoms with Crippen LogP contribution in [0.5, 0.6) is 0 Å². The van der Waals surface area contributed by atoms with Crippen LogP contribution in [0.3, 0.4) is 0 Å². The molecular weight excluding hydrogens is 203 g/mol. The first kappa shape index (κ1) is 9.94. The van der Waals surface area contributed by atoms with E-state index >= 15 is 0 Å². The van der Waals surface area contributed by atoms with Crippen molar-refractivity contribution in [3.05, 3.63) is 34.6 Å². The summed E-state index contributed by atoms with van der Waals surface area (Å²) in [4.78, 5) is 0. The first-order valence-corrected chi connectivity index (χ1v) is 5.19. The topological polar surface area (TPSA) is 20.2 Å². The molecule has 76 valence electrons. The molecule has 1 nitrogen and oxygen atoms in total. The van der Waals surface area contributed by atoms with Crippen molar-refractivity contribution in [1.82, 2.24) is 0 Å². The molecule has 0 aliphatic heterocycles. The van der Waals surface area contributed by atoms with Crippen molar-refractivity contribution >= 4 is 11.6 Å². The van der Waals surface area contributed by atoms with Crippen LogP contribution in [-0.4, -0.2) is 5.11 Å². The molecule has 0 amide bonds. The lowest BCUT2D eigenvalue weighted by atomic mass is 9.79. The van der Waals surface area contributed by atoms with Gasteiger partial charge in [0, 0.05) is 10.6 Å². The van der Waals surface area contributed by atoms with Crippen LogP contribution in [-0.2, 0) is 0 Å². The highest BCUT2D eigenvalue weighted by molar-refractivity contribution is 6.30. The van der Waals surface area contributed by atoms with Gasteiger partial charge in [-0.2, -0.15) is 0 Å². The van der Waals surface area contributed by atoms with Crippen LogP contribution in [0.1, 0.15) is 30.9 Å². The SMILES string of the molecule is OC(c1cc(Cl)ccc1F)C1CCC1. The summed E-state index contributed by atoms with van der Waals surface area (Å²) >= 11 is 5.75. The number of hydrogen-bond donors (Lipinski definition) is 1. The van der Waals surface area contributed by atoms with E-state index in [1.165, 1.54) is 18.2 Å². The first-order chi connectivity index (χ1) is 6.68. The Bertz CT molecular complexity index is 336. The van der Waals surface area contributed by atoms with Crippen LogP contribution in [0.15, 0.2) is 18.2 Å². The van der Waals surface area contributed by atoms with Crippen molar-refractivity contribution in [2.75, 3.05) is 0 Å². The summed E-state index contributed by atoms with van der Waals surface area (Å²) in [5.74, 6) is -0.156. The Morgan fingerprint density at radius 3 is 2.71 bits per heavy atom. The molecule has 0 bridgehead atoms. The third-order valence-corrected chi connectivity index (χ3v) is 3.11. The summed E-state index contributed by atoms with van der Waals surface area (Å²) in [7, 11) is 0. The monoisotopic (exact) mass is 214 g/mol. The van der Waals surface area contributed by atoms with E-state index in [1.807, 2.05) is 0 Å². The average molecular weight is 215 g/mol. The Labute approximate surface area is 87.5 Å². The summed E-state index contributed by atoms with van der Waals surface area (Å²) in [5, 5.41) is 10.3. The number of halogens is 2. The number of benzene rings is 1. The van der Waals surface area contributed by atoms with Crippen molar-refractivity contribution in [2.45, 2.75) is 25.4 Å². The summed E-state index contributed by atoms with van der Waals surface area (Å²) < 4.78 is 13.3. The second kappa shape index (κ2) is 3.87. The average Bonchev–Trinajstić information content (AvgIpc) is 2.06. The molecule has 1 unspecified atom stereocenters. The van der Waals surface area contributed by atoms with Gasteiger partial charge < -0.3 is 5.11 Å². The van der Waals surface area contributed by atoms with E-state index in [1.54, 1.807) is 0 Å². The van der Waals surface area contributed by atoms with E-state index in [9.17, 15) is 9.50 Å². The van der Waals surface area contributed by atoms with Gasteiger partial charge in [-0.05, 0) is 37.0 Å². The Kier molecular flexibility index (Phi) is 2.75. The predicted octanol–water partition coefficient (Wildman–Crippen LogP) is 3.31. The second-order valence-corrected chi connectivity index (χ2v) is 4.24. The van der Waals surface area contributed by atoms with Gasteiger partial charge >= 0.3 is 0 Å². The maximum Gasteiger partial charge on any atom is 0.129 e. The summed E-state index contributed by atoms with van der Waals surface area (Å²) in [6, 6.07) is 4.31. The zero-order valence-electron chi connectivity index (χ0n) is 7.71. The predicted molar refractivity (Wildman–Crippen MR) is 53.7 cm³/mol.